The quantitative estimate of drug-likeness (QED) is 0.773. The molecule has 6 heteroatoms. The Morgan fingerprint density at radius 2 is 2.29 bits per heavy atom. The first kappa shape index (κ1) is 10.6. The predicted octanol–water partition coefficient (Wildman–Crippen LogP) is 1.10. The zero-order valence-electron chi connectivity index (χ0n) is 7.50. The Kier molecular flexibility index (Phi) is 3.19. The summed E-state index contributed by atoms with van der Waals surface area (Å²) in [6.07, 6.45) is -2.71. The SMILES string of the molecule is COc1nc(N)cc(C(F)F)c1CO. The van der Waals surface area contributed by atoms with Crippen molar-refractivity contribution in [2.24, 2.45) is 0 Å². The maximum atomic E-state index is 12.5. The molecular formula is C8H10F2N2O2. The fraction of sp³-hybridized carbons (Fsp3) is 0.375. The number of ether oxygens (including phenoxy) is 1. The standard InChI is InChI=1S/C8H10F2N2O2/c1-14-8-5(3-13)4(7(9)10)2-6(11)12-8/h2,7,13H,3H2,1H3,(H2,11,12). The van der Waals surface area contributed by atoms with E-state index >= 15 is 0 Å². The number of hydrogen-bond acceptors (Lipinski definition) is 4. The summed E-state index contributed by atoms with van der Waals surface area (Å²) in [6, 6.07) is 1.03. The summed E-state index contributed by atoms with van der Waals surface area (Å²) in [6.45, 7) is -0.559. The molecule has 1 aromatic heterocycles. The maximum Gasteiger partial charge on any atom is 0.264 e. The van der Waals surface area contributed by atoms with Gasteiger partial charge in [-0.2, -0.15) is 4.98 Å². The van der Waals surface area contributed by atoms with Crippen LogP contribution in [0, 0.1) is 0 Å². The fourth-order valence-electron chi connectivity index (χ4n) is 1.11. The normalized spacial score (nSPS) is 10.6. The Bertz CT molecular complexity index is 331. The van der Waals surface area contributed by atoms with Crippen molar-refractivity contribution in [1.29, 1.82) is 0 Å². The molecule has 0 saturated carbocycles. The highest BCUT2D eigenvalue weighted by atomic mass is 19.3. The van der Waals surface area contributed by atoms with E-state index in [4.69, 9.17) is 15.6 Å². The van der Waals surface area contributed by atoms with Crippen LogP contribution in [-0.4, -0.2) is 17.2 Å². The molecule has 0 fully saturated rings. The van der Waals surface area contributed by atoms with E-state index in [0.29, 0.717) is 0 Å². The molecule has 0 atom stereocenters. The van der Waals surface area contributed by atoms with Crippen LogP contribution in [0.25, 0.3) is 0 Å². The summed E-state index contributed by atoms with van der Waals surface area (Å²) in [5.41, 5.74) is 4.91. The number of pyridine rings is 1. The van der Waals surface area contributed by atoms with Crippen molar-refractivity contribution < 1.29 is 18.6 Å². The molecule has 78 valence electrons. The second-order valence-electron chi connectivity index (χ2n) is 2.58. The smallest absolute Gasteiger partial charge is 0.264 e. The molecule has 0 saturated heterocycles. The minimum Gasteiger partial charge on any atom is -0.481 e. The lowest BCUT2D eigenvalue weighted by atomic mass is 10.1. The van der Waals surface area contributed by atoms with Crippen molar-refractivity contribution >= 4 is 5.82 Å². The molecule has 3 N–H and O–H groups in total. The van der Waals surface area contributed by atoms with Gasteiger partial charge < -0.3 is 15.6 Å². The first-order valence-corrected chi connectivity index (χ1v) is 3.82. The third-order valence-corrected chi connectivity index (χ3v) is 1.73. The molecule has 0 aliphatic heterocycles. The van der Waals surface area contributed by atoms with Crippen LogP contribution in [0.4, 0.5) is 14.6 Å². The van der Waals surface area contributed by atoms with Crippen molar-refractivity contribution in [3.8, 4) is 5.88 Å². The van der Waals surface area contributed by atoms with Crippen molar-refractivity contribution in [3.05, 3.63) is 17.2 Å². The van der Waals surface area contributed by atoms with E-state index in [1.807, 2.05) is 0 Å². The molecule has 0 radical (unpaired) electrons. The van der Waals surface area contributed by atoms with Crippen LogP contribution in [-0.2, 0) is 6.61 Å². The Labute approximate surface area is 79.3 Å². The van der Waals surface area contributed by atoms with E-state index in [2.05, 4.69) is 4.98 Å². The summed E-state index contributed by atoms with van der Waals surface area (Å²) < 4.78 is 29.6. The van der Waals surface area contributed by atoms with Gasteiger partial charge in [-0.05, 0) is 6.07 Å². The van der Waals surface area contributed by atoms with Gasteiger partial charge in [-0.1, -0.05) is 0 Å². The highest BCUT2D eigenvalue weighted by Crippen LogP contribution is 2.29. The third-order valence-electron chi connectivity index (χ3n) is 1.73. The average Bonchev–Trinajstić information content (AvgIpc) is 2.16. The lowest BCUT2D eigenvalue weighted by Crippen LogP contribution is -2.04. The first-order chi connectivity index (χ1) is 6.60. The van der Waals surface area contributed by atoms with E-state index in [0.717, 1.165) is 6.07 Å². The average molecular weight is 204 g/mol. The fourth-order valence-corrected chi connectivity index (χ4v) is 1.11. The topological polar surface area (TPSA) is 68.4 Å². The van der Waals surface area contributed by atoms with Crippen LogP contribution >= 0.6 is 0 Å². The number of halogens is 2. The summed E-state index contributed by atoms with van der Waals surface area (Å²) in [5, 5.41) is 8.88. The van der Waals surface area contributed by atoms with Crippen LogP contribution in [0.15, 0.2) is 6.07 Å². The number of nitrogens with two attached hydrogens (primary N) is 1. The zero-order chi connectivity index (χ0) is 10.7. The highest BCUT2D eigenvalue weighted by Gasteiger charge is 2.18. The second-order valence-corrected chi connectivity index (χ2v) is 2.58. The van der Waals surface area contributed by atoms with Gasteiger partial charge in [0.15, 0.2) is 0 Å². The maximum absolute atomic E-state index is 12.5. The van der Waals surface area contributed by atoms with Crippen LogP contribution in [0.2, 0.25) is 0 Å². The van der Waals surface area contributed by atoms with Gasteiger partial charge >= 0.3 is 0 Å². The molecule has 0 bridgehead atoms. The lowest BCUT2D eigenvalue weighted by Gasteiger charge is -2.11. The number of alkyl halides is 2. The molecule has 0 aromatic carbocycles. The number of hydrogen-bond donors (Lipinski definition) is 2. The molecule has 14 heavy (non-hydrogen) atoms. The van der Waals surface area contributed by atoms with Gasteiger partial charge in [0.05, 0.1) is 13.7 Å². The number of anilines is 1. The number of rotatable bonds is 3. The van der Waals surface area contributed by atoms with Crippen molar-refractivity contribution in [3.63, 3.8) is 0 Å². The van der Waals surface area contributed by atoms with Crippen LogP contribution in [0.3, 0.4) is 0 Å². The Morgan fingerprint density at radius 1 is 1.64 bits per heavy atom. The number of aliphatic hydroxyl groups excluding tert-OH is 1. The monoisotopic (exact) mass is 204 g/mol. The molecule has 1 rings (SSSR count). The van der Waals surface area contributed by atoms with Gasteiger partial charge in [0.25, 0.3) is 6.43 Å². The summed E-state index contributed by atoms with van der Waals surface area (Å²) in [7, 11) is 1.27. The molecule has 0 unspecified atom stereocenters. The number of nitrogens with zero attached hydrogens (tertiary/aromatic N) is 1. The van der Waals surface area contributed by atoms with E-state index in [9.17, 15) is 8.78 Å². The summed E-state index contributed by atoms with van der Waals surface area (Å²) in [5.74, 6) is -0.128. The Morgan fingerprint density at radius 3 is 2.71 bits per heavy atom. The van der Waals surface area contributed by atoms with Gasteiger partial charge in [-0.25, -0.2) is 8.78 Å². The second kappa shape index (κ2) is 4.19. The van der Waals surface area contributed by atoms with E-state index in [1.54, 1.807) is 0 Å². The Hall–Kier alpha value is -1.43. The van der Waals surface area contributed by atoms with Crippen LogP contribution in [0.1, 0.15) is 17.6 Å². The number of nitrogen functional groups attached to an aromatic ring is 1. The van der Waals surface area contributed by atoms with E-state index in [1.165, 1.54) is 7.11 Å². The number of aromatic nitrogens is 1. The summed E-state index contributed by atoms with van der Waals surface area (Å²) >= 11 is 0. The number of aliphatic hydroxyl groups is 1. The minimum atomic E-state index is -2.71. The van der Waals surface area contributed by atoms with Crippen molar-refractivity contribution in [1.82, 2.24) is 4.98 Å². The summed E-state index contributed by atoms with van der Waals surface area (Å²) in [4.78, 5) is 3.67. The van der Waals surface area contributed by atoms with Gasteiger partial charge in [0, 0.05) is 11.1 Å². The molecule has 1 heterocycles. The van der Waals surface area contributed by atoms with Gasteiger partial charge in [0.1, 0.15) is 5.82 Å². The first-order valence-electron chi connectivity index (χ1n) is 3.82. The minimum absolute atomic E-state index is 0.0308. The van der Waals surface area contributed by atoms with Gasteiger partial charge in [0.2, 0.25) is 5.88 Å². The highest BCUT2D eigenvalue weighted by molar-refractivity contribution is 5.44. The van der Waals surface area contributed by atoms with Gasteiger partial charge in [-0.3, -0.25) is 0 Å². The third kappa shape index (κ3) is 1.90. The number of methoxy groups -OCH3 is 1. The molecular weight excluding hydrogens is 194 g/mol. The predicted molar refractivity (Wildman–Crippen MR) is 46.1 cm³/mol. The van der Waals surface area contributed by atoms with E-state index in [-0.39, 0.29) is 22.8 Å². The van der Waals surface area contributed by atoms with Crippen LogP contribution < -0.4 is 10.5 Å². The molecule has 1 aromatic rings. The van der Waals surface area contributed by atoms with Gasteiger partial charge in [-0.15, -0.1) is 0 Å². The van der Waals surface area contributed by atoms with Crippen molar-refractivity contribution in [2.45, 2.75) is 13.0 Å². The largest absolute Gasteiger partial charge is 0.481 e. The molecule has 0 aliphatic carbocycles. The molecule has 0 aliphatic rings. The molecule has 0 amide bonds. The lowest BCUT2D eigenvalue weighted by molar-refractivity contribution is 0.146. The Balaban J connectivity index is 3.31. The van der Waals surface area contributed by atoms with Crippen LogP contribution in [0.5, 0.6) is 5.88 Å². The molecule has 4 nitrogen and oxygen atoms in total. The zero-order valence-corrected chi connectivity index (χ0v) is 7.50. The van der Waals surface area contributed by atoms with Crippen molar-refractivity contribution in [2.75, 3.05) is 12.8 Å². The molecule has 0 spiro atoms. The van der Waals surface area contributed by atoms with E-state index < -0.39 is 13.0 Å².